The molecular formula is C23H21NO6. The highest BCUT2D eigenvalue weighted by molar-refractivity contribution is 5.93. The van der Waals surface area contributed by atoms with Crippen LogP contribution in [0.15, 0.2) is 63.8 Å². The van der Waals surface area contributed by atoms with Crippen molar-refractivity contribution in [2.45, 2.75) is 12.8 Å². The number of rotatable bonds is 5. The fourth-order valence-electron chi connectivity index (χ4n) is 3.70. The zero-order chi connectivity index (χ0) is 21.1. The molecule has 4 rings (SSSR count). The molecular weight excluding hydrogens is 386 g/mol. The molecule has 1 aliphatic rings. The Hall–Kier alpha value is -3.61. The molecule has 0 saturated carbocycles. The largest absolute Gasteiger partial charge is 0.484 e. The van der Waals surface area contributed by atoms with Crippen LogP contribution in [-0.2, 0) is 9.59 Å². The molecule has 0 atom stereocenters. The number of nitrogens with zero attached hydrogens (tertiary/aromatic N) is 1. The minimum atomic E-state index is -0.814. The Morgan fingerprint density at radius 1 is 1.07 bits per heavy atom. The SMILES string of the molecule is O=C(O)C1CCN(C(=O)COc2ccc3c(-c4ccccc4)cc(=O)oc3c2)CC1. The van der Waals surface area contributed by atoms with Gasteiger partial charge in [-0.2, -0.15) is 0 Å². The molecule has 0 unspecified atom stereocenters. The summed E-state index contributed by atoms with van der Waals surface area (Å²) in [5.41, 5.74) is 1.60. The molecule has 154 valence electrons. The first-order valence-corrected chi connectivity index (χ1v) is 9.78. The van der Waals surface area contributed by atoms with Crippen LogP contribution in [0.4, 0.5) is 0 Å². The van der Waals surface area contributed by atoms with Crippen molar-refractivity contribution in [2.24, 2.45) is 5.92 Å². The molecule has 0 spiro atoms. The van der Waals surface area contributed by atoms with Crippen molar-refractivity contribution in [1.82, 2.24) is 4.90 Å². The monoisotopic (exact) mass is 407 g/mol. The minimum absolute atomic E-state index is 0.161. The van der Waals surface area contributed by atoms with E-state index in [1.165, 1.54) is 6.07 Å². The number of amides is 1. The van der Waals surface area contributed by atoms with Crippen LogP contribution in [0.25, 0.3) is 22.1 Å². The molecule has 1 amide bonds. The number of hydrogen-bond acceptors (Lipinski definition) is 5. The molecule has 1 saturated heterocycles. The lowest BCUT2D eigenvalue weighted by atomic mass is 9.97. The van der Waals surface area contributed by atoms with Crippen molar-refractivity contribution in [3.63, 3.8) is 0 Å². The van der Waals surface area contributed by atoms with E-state index in [1.54, 1.807) is 23.1 Å². The first kappa shape index (κ1) is 19.7. The third kappa shape index (κ3) is 4.20. The third-order valence-corrected chi connectivity index (χ3v) is 5.36. The van der Waals surface area contributed by atoms with Crippen molar-refractivity contribution in [2.75, 3.05) is 19.7 Å². The first-order chi connectivity index (χ1) is 14.5. The van der Waals surface area contributed by atoms with E-state index in [2.05, 4.69) is 0 Å². The predicted octanol–water partition coefficient (Wildman–Crippen LogP) is 3.16. The fourth-order valence-corrected chi connectivity index (χ4v) is 3.70. The summed E-state index contributed by atoms with van der Waals surface area (Å²) in [4.78, 5) is 37.1. The maximum absolute atomic E-state index is 12.4. The third-order valence-electron chi connectivity index (χ3n) is 5.36. The fraction of sp³-hybridized carbons (Fsp3) is 0.261. The summed E-state index contributed by atoms with van der Waals surface area (Å²) in [6.07, 6.45) is 0.898. The average molecular weight is 407 g/mol. The summed E-state index contributed by atoms with van der Waals surface area (Å²) < 4.78 is 11.0. The summed E-state index contributed by atoms with van der Waals surface area (Å²) in [5.74, 6) is -0.980. The molecule has 0 bridgehead atoms. The van der Waals surface area contributed by atoms with Gasteiger partial charge in [0.2, 0.25) is 0 Å². The van der Waals surface area contributed by atoms with Crippen molar-refractivity contribution in [1.29, 1.82) is 0 Å². The zero-order valence-electron chi connectivity index (χ0n) is 16.2. The van der Waals surface area contributed by atoms with Gasteiger partial charge in [-0.05, 0) is 36.1 Å². The van der Waals surface area contributed by atoms with Gasteiger partial charge in [0.25, 0.3) is 5.91 Å². The molecule has 7 nitrogen and oxygen atoms in total. The van der Waals surface area contributed by atoms with Gasteiger partial charge >= 0.3 is 11.6 Å². The molecule has 7 heteroatoms. The van der Waals surface area contributed by atoms with E-state index in [1.807, 2.05) is 30.3 Å². The lowest BCUT2D eigenvalue weighted by Crippen LogP contribution is -2.42. The van der Waals surface area contributed by atoms with Crippen molar-refractivity contribution in [3.8, 4) is 16.9 Å². The predicted molar refractivity (Wildman–Crippen MR) is 110 cm³/mol. The molecule has 0 radical (unpaired) electrons. The normalized spacial score (nSPS) is 14.6. The van der Waals surface area contributed by atoms with Crippen molar-refractivity contribution in [3.05, 3.63) is 65.0 Å². The Balaban J connectivity index is 1.47. The molecule has 1 aromatic heterocycles. The van der Waals surface area contributed by atoms with Crippen LogP contribution >= 0.6 is 0 Å². The van der Waals surface area contributed by atoms with E-state index < -0.39 is 17.5 Å². The van der Waals surface area contributed by atoms with E-state index in [-0.39, 0.29) is 12.5 Å². The molecule has 1 fully saturated rings. The highest BCUT2D eigenvalue weighted by atomic mass is 16.5. The number of fused-ring (bicyclic) bond motifs is 1. The minimum Gasteiger partial charge on any atom is -0.484 e. The van der Waals surface area contributed by atoms with Gasteiger partial charge in [-0.15, -0.1) is 0 Å². The van der Waals surface area contributed by atoms with Gasteiger partial charge in [0.15, 0.2) is 6.61 Å². The van der Waals surface area contributed by atoms with Crippen molar-refractivity contribution >= 4 is 22.8 Å². The van der Waals surface area contributed by atoms with Crippen LogP contribution in [0.1, 0.15) is 12.8 Å². The van der Waals surface area contributed by atoms with Crippen LogP contribution in [-0.4, -0.2) is 41.6 Å². The lowest BCUT2D eigenvalue weighted by Gasteiger charge is -2.30. The van der Waals surface area contributed by atoms with E-state index >= 15 is 0 Å². The summed E-state index contributed by atoms with van der Waals surface area (Å²) in [5, 5.41) is 9.83. The van der Waals surface area contributed by atoms with Crippen LogP contribution < -0.4 is 10.4 Å². The Bertz CT molecular complexity index is 1130. The maximum atomic E-state index is 12.4. The average Bonchev–Trinajstić information content (AvgIpc) is 2.77. The maximum Gasteiger partial charge on any atom is 0.336 e. The number of ether oxygens (including phenoxy) is 1. The lowest BCUT2D eigenvalue weighted by molar-refractivity contribution is -0.146. The second-order valence-electron chi connectivity index (χ2n) is 7.29. The standard InChI is InChI=1S/C23H21NO6/c25-21(24-10-8-16(9-11-24)23(27)28)14-29-17-6-7-18-19(15-4-2-1-3-5-15)13-22(26)30-20(18)12-17/h1-7,12-13,16H,8-11,14H2,(H,27,28). The highest BCUT2D eigenvalue weighted by Gasteiger charge is 2.27. The van der Waals surface area contributed by atoms with Crippen LogP contribution in [0.3, 0.4) is 0 Å². The van der Waals surface area contributed by atoms with Crippen LogP contribution in [0.5, 0.6) is 5.75 Å². The Morgan fingerprint density at radius 2 is 1.80 bits per heavy atom. The van der Waals surface area contributed by atoms with E-state index in [9.17, 15) is 14.4 Å². The second-order valence-corrected chi connectivity index (χ2v) is 7.29. The van der Waals surface area contributed by atoms with Gasteiger partial charge in [0.1, 0.15) is 11.3 Å². The van der Waals surface area contributed by atoms with E-state index in [4.69, 9.17) is 14.3 Å². The van der Waals surface area contributed by atoms with Gasteiger partial charge in [-0.3, -0.25) is 9.59 Å². The van der Waals surface area contributed by atoms with Gasteiger partial charge in [0.05, 0.1) is 5.92 Å². The number of likely N-dealkylation sites (tertiary alicyclic amines) is 1. The summed E-state index contributed by atoms with van der Waals surface area (Å²) in [7, 11) is 0. The first-order valence-electron chi connectivity index (χ1n) is 9.78. The molecule has 1 aliphatic heterocycles. The quantitative estimate of drug-likeness (QED) is 0.653. The number of carbonyl (C=O) groups excluding carboxylic acids is 1. The van der Waals surface area contributed by atoms with Gasteiger partial charge < -0.3 is 19.2 Å². The number of aliphatic carboxylic acids is 1. The second kappa shape index (κ2) is 8.41. The summed E-state index contributed by atoms with van der Waals surface area (Å²) in [6.45, 7) is 0.657. The smallest absolute Gasteiger partial charge is 0.336 e. The van der Waals surface area contributed by atoms with Crippen LogP contribution in [0, 0.1) is 5.92 Å². The number of carboxylic acid groups (broad SMARTS) is 1. The number of hydrogen-bond donors (Lipinski definition) is 1. The number of carboxylic acids is 1. The zero-order valence-corrected chi connectivity index (χ0v) is 16.2. The molecule has 2 aromatic carbocycles. The number of carbonyl (C=O) groups is 2. The number of piperidine rings is 1. The van der Waals surface area contributed by atoms with Gasteiger partial charge in [-0.25, -0.2) is 4.79 Å². The van der Waals surface area contributed by atoms with E-state index in [0.717, 1.165) is 16.5 Å². The molecule has 3 aromatic rings. The van der Waals surface area contributed by atoms with Crippen molar-refractivity contribution < 1.29 is 23.8 Å². The number of benzene rings is 2. The van der Waals surface area contributed by atoms with Gasteiger partial charge in [-0.1, -0.05) is 30.3 Å². The Kier molecular flexibility index (Phi) is 5.52. The van der Waals surface area contributed by atoms with Crippen LogP contribution in [0.2, 0.25) is 0 Å². The molecule has 2 heterocycles. The Labute approximate surface area is 172 Å². The molecule has 1 N–H and O–H groups in total. The Morgan fingerprint density at radius 3 is 2.50 bits per heavy atom. The van der Waals surface area contributed by atoms with Gasteiger partial charge in [0, 0.05) is 30.6 Å². The highest BCUT2D eigenvalue weighted by Crippen LogP contribution is 2.29. The summed E-state index contributed by atoms with van der Waals surface area (Å²) >= 11 is 0. The topological polar surface area (TPSA) is 97.0 Å². The molecule has 0 aliphatic carbocycles. The van der Waals surface area contributed by atoms with E-state index in [0.29, 0.717) is 37.3 Å². The summed E-state index contributed by atoms with van der Waals surface area (Å²) in [6, 6.07) is 16.2. The molecule has 30 heavy (non-hydrogen) atoms.